The van der Waals surface area contributed by atoms with Crippen molar-refractivity contribution in [1.82, 2.24) is 16.0 Å². The van der Waals surface area contributed by atoms with Crippen LogP contribution in [0.5, 0.6) is 0 Å². The Labute approximate surface area is 210 Å². The molecule has 0 saturated heterocycles. The molecular weight excluding hydrogens is 450 g/mol. The molecule has 1 saturated carbocycles. The predicted octanol–water partition coefficient (Wildman–Crippen LogP) is 3.70. The van der Waals surface area contributed by atoms with Crippen LogP contribution in [0.1, 0.15) is 93.4 Å². The van der Waals surface area contributed by atoms with E-state index < -0.39 is 35.2 Å². The van der Waals surface area contributed by atoms with Crippen LogP contribution in [0.25, 0.3) is 0 Å². The summed E-state index contributed by atoms with van der Waals surface area (Å²) in [6.45, 7) is 13.3. The molecule has 0 aliphatic heterocycles. The van der Waals surface area contributed by atoms with E-state index in [1.165, 1.54) is 7.11 Å². The lowest BCUT2D eigenvalue weighted by molar-refractivity contribution is -0.147. The molecule has 1 fully saturated rings. The first-order valence-electron chi connectivity index (χ1n) is 12.8. The molecule has 9 nitrogen and oxygen atoms in total. The first kappa shape index (κ1) is 30.7. The van der Waals surface area contributed by atoms with Crippen LogP contribution in [0.2, 0.25) is 0 Å². The molecule has 0 bridgehead atoms. The van der Waals surface area contributed by atoms with Crippen molar-refractivity contribution in [2.24, 2.45) is 17.3 Å². The van der Waals surface area contributed by atoms with E-state index >= 15 is 0 Å². The van der Waals surface area contributed by atoms with Gasteiger partial charge >= 0.3 is 12.1 Å². The van der Waals surface area contributed by atoms with E-state index in [9.17, 15) is 19.2 Å². The number of methoxy groups -OCH3 is 1. The summed E-state index contributed by atoms with van der Waals surface area (Å²) < 4.78 is 10.2. The lowest BCUT2D eigenvalue weighted by Gasteiger charge is -2.37. The van der Waals surface area contributed by atoms with E-state index in [4.69, 9.17) is 9.47 Å². The minimum Gasteiger partial charge on any atom is -0.467 e. The SMILES string of the molecule is COC(=O)[C@H](CC(C)C)NC(=O)C1(CNC(=O)[C@H](CC(C)C)NC(=O)OC(C)(C)C)CCCCC1. The Morgan fingerprint density at radius 1 is 0.857 bits per heavy atom. The normalized spacial score (nSPS) is 17.3. The van der Waals surface area contributed by atoms with Crippen molar-refractivity contribution in [2.75, 3.05) is 13.7 Å². The first-order chi connectivity index (χ1) is 16.2. The summed E-state index contributed by atoms with van der Waals surface area (Å²) in [5.74, 6) is -0.717. The Balaban J connectivity index is 2.97. The molecule has 0 radical (unpaired) electrons. The lowest BCUT2D eigenvalue weighted by Crippen LogP contribution is -2.56. The zero-order valence-corrected chi connectivity index (χ0v) is 22.9. The van der Waals surface area contributed by atoms with Gasteiger partial charge in [0.15, 0.2) is 0 Å². The van der Waals surface area contributed by atoms with Crippen molar-refractivity contribution in [3.05, 3.63) is 0 Å². The number of amides is 3. The number of carbonyl (C=O) groups excluding carboxylic acids is 4. The highest BCUT2D eigenvalue weighted by atomic mass is 16.6. The van der Waals surface area contributed by atoms with E-state index in [2.05, 4.69) is 16.0 Å². The Bertz CT molecular complexity index is 723. The summed E-state index contributed by atoms with van der Waals surface area (Å²) in [6, 6.07) is -1.51. The molecule has 0 spiro atoms. The summed E-state index contributed by atoms with van der Waals surface area (Å²) >= 11 is 0. The number of rotatable bonds is 11. The molecule has 1 aliphatic rings. The summed E-state index contributed by atoms with van der Waals surface area (Å²) in [7, 11) is 1.31. The smallest absolute Gasteiger partial charge is 0.408 e. The highest BCUT2D eigenvalue weighted by molar-refractivity contribution is 5.90. The number of alkyl carbamates (subject to hydrolysis) is 1. The third-order valence-corrected chi connectivity index (χ3v) is 6.11. The van der Waals surface area contributed by atoms with Crippen molar-refractivity contribution in [2.45, 2.75) is 111 Å². The van der Waals surface area contributed by atoms with Crippen LogP contribution in [0.15, 0.2) is 0 Å². The van der Waals surface area contributed by atoms with Crippen LogP contribution < -0.4 is 16.0 Å². The highest BCUT2D eigenvalue weighted by Crippen LogP contribution is 2.36. The minimum absolute atomic E-state index is 0.137. The number of esters is 1. The summed E-state index contributed by atoms with van der Waals surface area (Å²) in [5.41, 5.74) is -1.50. The van der Waals surface area contributed by atoms with Crippen LogP contribution in [-0.2, 0) is 23.9 Å². The van der Waals surface area contributed by atoms with Gasteiger partial charge in [0.25, 0.3) is 0 Å². The summed E-state index contributed by atoms with van der Waals surface area (Å²) in [4.78, 5) is 51.2. The molecule has 3 amide bonds. The predicted molar refractivity (Wildman–Crippen MR) is 135 cm³/mol. The van der Waals surface area contributed by atoms with Crippen molar-refractivity contribution in [3.63, 3.8) is 0 Å². The Morgan fingerprint density at radius 2 is 1.40 bits per heavy atom. The second-order valence-corrected chi connectivity index (χ2v) is 11.6. The number of nitrogens with one attached hydrogen (secondary N) is 3. The van der Waals surface area contributed by atoms with Gasteiger partial charge in [0.2, 0.25) is 11.8 Å². The van der Waals surface area contributed by atoms with Gasteiger partial charge < -0.3 is 25.4 Å². The monoisotopic (exact) mass is 497 g/mol. The first-order valence-corrected chi connectivity index (χ1v) is 12.8. The maximum Gasteiger partial charge on any atom is 0.408 e. The molecule has 1 rings (SSSR count). The molecule has 3 N–H and O–H groups in total. The molecule has 0 unspecified atom stereocenters. The number of ether oxygens (including phenoxy) is 2. The van der Waals surface area contributed by atoms with Crippen LogP contribution in [0.3, 0.4) is 0 Å². The van der Waals surface area contributed by atoms with Crippen LogP contribution in [0, 0.1) is 17.3 Å². The zero-order chi connectivity index (χ0) is 26.8. The summed E-state index contributed by atoms with van der Waals surface area (Å²) in [5, 5.41) is 8.49. The van der Waals surface area contributed by atoms with Crippen LogP contribution >= 0.6 is 0 Å². The maximum atomic E-state index is 13.5. The van der Waals surface area contributed by atoms with Gasteiger partial charge in [-0.05, 0) is 58.3 Å². The molecule has 0 heterocycles. The van der Waals surface area contributed by atoms with Gasteiger partial charge in [0.05, 0.1) is 12.5 Å². The minimum atomic E-state index is -0.814. The topological polar surface area (TPSA) is 123 Å². The molecule has 9 heteroatoms. The van der Waals surface area contributed by atoms with Gasteiger partial charge in [-0.25, -0.2) is 9.59 Å². The van der Waals surface area contributed by atoms with E-state index in [-0.39, 0.29) is 30.2 Å². The average Bonchev–Trinajstić information content (AvgIpc) is 2.74. The Kier molecular flexibility index (Phi) is 12.0. The Morgan fingerprint density at radius 3 is 1.89 bits per heavy atom. The lowest BCUT2D eigenvalue weighted by atomic mass is 9.73. The van der Waals surface area contributed by atoms with Gasteiger partial charge in [-0.2, -0.15) is 0 Å². The van der Waals surface area contributed by atoms with Gasteiger partial charge in [0.1, 0.15) is 17.7 Å². The second-order valence-electron chi connectivity index (χ2n) is 11.6. The Hall–Kier alpha value is -2.32. The van der Waals surface area contributed by atoms with Crippen LogP contribution in [0.4, 0.5) is 4.79 Å². The highest BCUT2D eigenvalue weighted by Gasteiger charge is 2.42. The van der Waals surface area contributed by atoms with E-state index in [1.807, 2.05) is 27.7 Å². The maximum absolute atomic E-state index is 13.5. The van der Waals surface area contributed by atoms with Gasteiger partial charge in [-0.1, -0.05) is 47.0 Å². The standard InChI is InChI=1S/C26H47N3O6/c1-17(2)14-19(29-24(33)35-25(5,6)7)21(30)27-16-26(12-10-9-11-13-26)23(32)28-20(15-18(3)4)22(31)34-8/h17-20H,9-16H2,1-8H3,(H,27,30)(H,28,32)(H,29,33)/t19-,20-/m0/s1. The zero-order valence-electron chi connectivity index (χ0n) is 22.9. The third kappa shape index (κ3) is 10.9. The fraction of sp³-hybridized carbons (Fsp3) is 0.846. The molecular formula is C26H47N3O6. The van der Waals surface area contributed by atoms with Crippen molar-refractivity contribution in [1.29, 1.82) is 0 Å². The molecule has 2 atom stereocenters. The molecule has 202 valence electrons. The average molecular weight is 498 g/mol. The second kappa shape index (κ2) is 13.7. The molecule has 0 aromatic carbocycles. The number of hydrogen-bond acceptors (Lipinski definition) is 6. The van der Waals surface area contributed by atoms with Gasteiger partial charge in [0, 0.05) is 6.54 Å². The fourth-order valence-electron chi connectivity index (χ4n) is 4.38. The van der Waals surface area contributed by atoms with Crippen LogP contribution in [-0.4, -0.2) is 55.2 Å². The summed E-state index contributed by atoms with van der Waals surface area (Å²) in [6.07, 6.45) is 4.22. The van der Waals surface area contributed by atoms with Crippen molar-refractivity contribution < 1.29 is 28.7 Å². The largest absolute Gasteiger partial charge is 0.467 e. The van der Waals surface area contributed by atoms with E-state index in [0.717, 1.165) is 19.3 Å². The van der Waals surface area contributed by atoms with Crippen molar-refractivity contribution in [3.8, 4) is 0 Å². The van der Waals surface area contributed by atoms with Gasteiger partial charge in [-0.3, -0.25) is 9.59 Å². The number of hydrogen-bond donors (Lipinski definition) is 3. The number of carbonyl (C=O) groups is 4. The van der Waals surface area contributed by atoms with E-state index in [0.29, 0.717) is 25.7 Å². The third-order valence-electron chi connectivity index (χ3n) is 6.11. The molecule has 0 aromatic heterocycles. The van der Waals surface area contributed by atoms with Gasteiger partial charge in [-0.15, -0.1) is 0 Å². The quantitative estimate of drug-likeness (QED) is 0.374. The molecule has 0 aromatic rings. The molecule has 35 heavy (non-hydrogen) atoms. The van der Waals surface area contributed by atoms with Crippen molar-refractivity contribution >= 4 is 23.9 Å². The molecule has 1 aliphatic carbocycles. The van der Waals surface area contributed by atoms with E-state index in [1.54, 1.807) is 20.8 Å². The fourth-order valence-corrected chi connectivity index (χ4v) is 4.38.